The molecule has 0 spiro atoms. The van der Waals surface area contributed by atoms with Crippen molar-refractivity contribution < 1.29 is 0 Å². The third-order valence-electron chi connectivity index (χ3n) is 4.13. The highest BCUT2D eigenvalue weighted by Crippen LogP contribution is 2.21. The molecule has 0 bridgehead atoms. The molecule has 1 N–H and O–H groups in total. The first-order valence-corrected chi connectivity index (χ1v) is 8.72. The van der Waals surface area contributed by atoms with Crippen LogP contribution >= 0.6 is 0 Å². The van der Waals surface area contributed by atoms with Crippen LogP contribution in [0.4, 0.5) is 0 Å². The minimum atomic E-state index is 0.533. The van der Waals surface area contributed by atoms with E-state index in [4.69, 9.17) is 0 Å². The summed E-state index contributed by atoms with van der Waals surface area (Å²) in [6.45, 7) is 6.39. The van der Waals surface area contributed by atoms with Crippen LogP contribution in [0.1, 0.15) is 78.1 Å². The third kappa shape index (κ3) is 8.50. The SMILES string of the molecule is C(=NC1CCCCC1)=NC1CCCCC1.CCNCC. The summed E-state index contributed by atoms with van der Waals surface area (Å²) in [5, 5.41) is 3.11. The number of aliphatic imine (C=N–C) groups is 2. The van der Waals surface area contributed by atoms with Gasteiger partial charge in [0.2, 0.25) is 0 Å². The van der Waals surface area contributed by atoms with E-state index in [2.05, 4.69) is 35.2 Å². The molecule has 0 saturated heterocycles. The monoisotopic (exact) mass is 279 g/mol. The highest BCUT2D eigenvalue weighted by molar-refractivity contribution is 5.42. The van der Waals surface area contributed by atoms with Crippen molar-refractivity contribution in [1.29, 1.82) is 0 Å². The Balaban J connectivity index is 0.000000347. The van der Waals surface area contributed by atoms with Crippen LogP contribution in [0.25, 0.3) is 0 Å². The maximum atomic E-state index is 4.46. The highest BCUT2D eigenvalue weighted by atomic mass is 14.9. The van der Waals surface area contributed by atoms with Crippen LogP contribution in [-0.4, -0.2) is 31.2 Å². The lowest BCUT2D eigenvalue weighted by Gasteiger charge is -2.17. The van der Waals surface area contributed by atoms with E-state index in [1.165, 1.54) is 64.2 Å². The summed E-state index contributed by atoms with van der Waals surface area (Å²) in [7, 11) is 0. The molecule has 3 heteroatoms. The van der Waals surface area contributed by atoms with Crippen molar-refractivity contribution in [2.24, 2.45) is 9.98 Å². The first-order valence-electron chi connectivity index (χ1n) is 8.72. The van der Waals surface area contributed by atoms with E-state index < -0.39 is 0 Å². The van der Waals surface area contributed by atoms with Crippen LogP contribution in [0.15, 0.2) is 9.98 Å². The summed E-state index contributed by atoms with van der Waals surface area (Å²) in [5.41, 5.74) is 0. The number of nitrogens with one attached hydrogen (secondary N) is 1. The van der Waals surface area contributed by atoms with Crippen molar-refractivity contribution in [3.63, 3.8) is 0 Å². The van der Waals surface area contributed by atoms with Gasteiger partial charge in [-0.2, -0.15) is 0 Å². The van der Waals surface area contributed by atoms with Crippen LogP contribution in [0.3, 0.4) is 0 Å². The zero-order valence-electron chi connectivity index (χ0n) is 13.5. The van der Waals surface area contributed by atoms with Gasteiger partial charge in [-0.3, -0.25) is 0 Å². The van der Waals surface area contributed by atoms with Gasteiger partial charge in [0.15, 0.2) is 0 Å². The molecule has 0 aromatic heterocycles. The predicted molar refractivity (Wildman–Crippen MR) is 87.8 cm³/mol. The van der Waals surface area contributed by atoms with E-state index >= 15 is 0 Å². The van der Waals surface area contributed by atoms with Gasteiger partial charge in [0.1, 0.15) is 0 Å². The lowest BCUT2D eigenvalue weighted by atomic mass is 9.96. The molecule has 0 aromatic rings. The summed E-state index contributed by atoms with van der Waals surface area (Å²) in [4.78, 5) is 8.92. The summed E-state index contributed by atoms with van der Waals surface area (Å²) in [6, 6.07) is 4.04. The maximum absolute atomic E-state index is 4.46. The third-order valence-corrected chi connectivity index (χ3v) is 4.13. The van der Waals surface area contributed by atoms with Gasteiger partial charge in [0.05, 0.1) is 18.1 Å². The lowest BCUT2D eigenvalue weighted by molar-refractivity contribution is 0.438. The van der Waals surface area contributed by atoms with Crippen LogP contribution < -0.4 is 5.32 Å². The number of hydrogen-bond acceptors (Lipinski definition) is 3. The molecular formula is C17H33N3. The van der Waals surface area contributed by atoms with Crippen LogP contribution in [0.5, 0.6) is 0 Å². The zero-order valence-corrected chi connectivity index (χ0v) is 13.5. The Morgan fingerprint density at radius 1 is 0.750 bits per heavy atom. The van der Waals surface area contributed by atoms with E-state index in [0.29, 0.717) is 12.1 Å². The Hall–Kier alpha value is -0.660. The normalized spacial score (nSPS) is 20.5. The summed E-state index contributed by atoms with van der Waals surface area (Å²) in [6.07, 6.45) is 13.2. The Morgan fingerprint density at radius 3 is 1.45 bits per heavy atom. The van der Waals surface area contributed by atoms with Gasteiger partial charge in [0, 0.05) is 0 Å². The molecule has 2 aliphatic carbocycles. The van der Waals surface area contributed by atoms with E-state index in [1.54, 1.807) is 0 Å². The Labute approximate surface area is 125 Å². The van der Waals surface area contributed by atoms with Gasteiger partial charge < -0.3 is 5.32 Å². The number of hydrogen-bond donors (Lipinski definition) is 1. The second-order valence-electron chi connectivity index (χ2n) is 5.90. The molecule has 0 aromatic carbocycles. The van der Waals surface area contributed by atoms with E-state index in [-0.39, 0.29) is 0 Å². The summed E-state index contributed by atoms with van der Waals surface area (Å²) < 4.78 is 0. The largest absolute Gasteiger partial charge is 0.317 e. The van der Waals surface area contributed by atoms with Gasteiger partial charge in [-0.15, -0.1) is 0 Å². The molecule has 0 amide bonds. The van der Waals surface area contributed by atoms with Crippen LogP contribution in [0.2, 0.25) is 0 Å². The molecule has 3 nitrogen and oxygen atoms in total. The molecule has 0 atom stereocenters. The lowest BCUT2D eigenvalue weighted by Crippen LogP contribution is -2.10. The average molecular weight is 279 g/mol. The minimum Gasteiger partial charge on any atom is -0.317 e. The summed E-state index contributed by atoms with van der Waals surface area (Å²) in [5.74, 6) is 0. The zero-order chi connectivity index (χ0) is 14.5. The van der Waals surface area contributed by atoms with E-state index in [9.17, 15) is 0 Å². The second-order valence-corrected chi connectivity index (χ2v) is 5.90. The first kappa shape index (κ1) is 17.4. The molecule has 2 rings (SSSR count). The first-order chi connectivity index (χ1) is 9.86. The predicted octanol–water partition coefficient (Wildman–Crippen LogP) is 4.44. The Kier molecular flexibility index (Phi) is 10.5. The molecule has 0 aliphatic heterocycles. The van der Waals surface area contributed by atoms with E-state index in [1.807, 2.05) is 0 Å². The van der Waals surface area contributed by atoms with Gasteiger partial charge in [-0.05, 0) is 38.8 Å². The second kappa shape index (κ2) is 12.1. The molecule has 116 valence electrons. The van der Waals surface area contributed by atoms with Gasteiger partial charge in [0.25, 0.3) is 0 Å². The molecule has 0 heterocycles. The summed E-state index contributed by atoms with van der Waals surface area (Å²) >= 11 is 0. The van der Waals surface area contributed by atoms with Crippen LogP contribution in [-0.2, 0) is 0 Å². The average Bonchev–Trinajstić information content (AvgIpc) is 2.51. The van der Waals surface area contributed by atoms with Crippen molar-refractivity contribution in [2.75, 3.05) is 13.1 Å². The van der Waals surface area contributed by atoms with E-state index in [0.717, 1.165) is 13.1 Å². The minimum absolute atomic E-state index is 0.533. The smallest absolute Gasteiger partial charge is 0.0898 e. The van der Waals surface area contributed by atoms with Gasteiger partial charge >= 0.3 is 0 Å². The van der Waals surface area contributed by atoms with Crippen molar-refractivity contribution in [1.82, 2.24) is 5.32 Å². The Bertz CT molecular complexity index is 246. The molecule has 20 heavy (non-hydrogen) atoms. The highest BCUT2D eigenvalue weighted by Gasteiger charge is 2.12. The van der Waals surface area contributed by atoms with Crippen molar-refractivity contribution >= 4 is 6.01 Å². The van der Waals surface area contributed by atoms with Crippen molar-refractivity contribution in [2.45, 2.75) is 90.1 Å². The molecule has 2 saturated carbocycles. The Morgan fingerprint density at radius 2 is 1.15 bits per heavy atom. The molecule has 0 unspecified atom stereocenters. The molecule has 0 radical (unpaired) electrons. The number of nitrogens with zero attached hydrogens (tertiary/aromatic N) is 2. The molecule has 2 fully saturated rings. The topological polar surface area (TPSA) is 36.8 Å². The van der Waals surface area contributed by atoms with Crippen molar-refractivity contribution in [3.8, 4) is 0 Å². The fourth-order valence-corrected chi connectivity index (χ4v) is 2.87. The van der Waals surface area contributed by atoms with Crippen LogP contribution in [0, 0.1) is 0 Å². The molecule has 2 aliphatic rings. The van der Waals surface area contributed by atoms with Crippen molar-refractivity contribution in [3.05, 3.63) is 0 Å². The van der Waals surface area contributed by atoms with Gasteiger partial charge in [-0.25, -0.2) is 9.98 Å². The standard InChI is InChI=1S/C13H22N2.C4H11N/c1-3-7-12(8-4-1)14-11-15-13-9-5-2-6-10-13;1-3-5-4-2/h12-13H,1-10H2;5H,3-4H2,1-2H3. The van der Waals surface area contributed by atoms with Gasteiger partial charge in [-0.1, -0.05) is 52.4 Å². The fourth-order valence-electron chi connectivity index (χ4n) is 2.87. The quantitative estimate of drug-likeness (QED) is 0.759. The number of rotatable bonds is 4. The molecular weight excluding hydrogens is 246 g/mol. The fraction of sp³-hybridized carbons (Fsp3) is 0.941. The maximum Gasteiger partial charge on any atom is 0.0898 e.